The van der Waals surface area contributed by atoms with Crippen LogP contribution in [0.3, 0.4) is 0 Å². The molecule has 2 aromatic carbocycles. The van der Waals surface area contributed by atoms with Gasteiger partial charge in [0.2, 0.25) is 0 Å². The molecule has 1 aliphatic heterocycles. The summed E-state index contributed by atoms with van der Waals surface area (Å²) < 4.78 is 5.81. The Bertz CT molecular complexity index is 647. The molecule has 0 spiro atoms. The van der Waals surface area contributed by atoms with Crippen LogP contribution in [-0.2, 0) is 4.79 Å². The van der Waals surface area contributed by atoms with Gasteiger partial charge in [-0.25, -0.2) is 0 Å². The summed E-state index contributed by atoms with van der Waals surface area (Å²) in [4.78, 5) is 14.3. The van der Waals surface area contributed by atoms with E-state index >= 15 is 0 Å². The van der Waals surface area contributed by atoms with Gasteiger partial charge in [0.15, 0.2) is 6.61 Å². The number of ether oxygens (including phenoxy) is 1. The third-order valence-electron chi connectivity index (χ3n) is 4.55. The van der Waals surface area contributed by atoms with Gasteiger partial charge >= 0.3 is 0 Å². The highest BCUT2D eigenvalue weighted by Crippen LogP contribution is 2.25. The van der Waals surface area contributed by atoms with Crippen LogP contribution in [0.15, 0.2) is 42.5 Å². The minimum atomic E-state index is 0.103. The number of nitrogens with zero attached hydrogens (tertiary/aromatic N) is 1. The Hall–Kier alpha value is -2.03. The molecule has 1 aliphatic rings. The molecule has 22 heavy (non-hydrogen) atoms. The highest BCUT2D eigenvalue weighted by atomic mass is 16.5. The van der Waals surface area contributed by atoms with Crippen LogP contribution in [0.5, 0.6) is 5.75 Å². The molecule has 3 rings (SSSR count). The molecule has 1 fully saturated rings. The summed E-state index contributed by atoms with van der Waals surface area (Å²) in [6.07, 6.45) is 3.50. The number of rotatable bonds is 4. The Labute approximate surface area is 131 Å². The quantitative estimate of drug-likeness (QED) is 0.857. The summed E-state index contributed by atoms with van der Waals surface area (Å²) in [5, 5.41) is 2.19. The van der Waals surface area contributed by atoms with Gasteiger partial charge in [-0.1, -0.05) is 49.7 Å². The topological polar surface area (TPSA) is 29.5 Å². The van der Waals surface area contributed by atoms with Crippen LogP contribution in [0.25, 0.3) is 10.8 Å². The van der Waals surface area contributed by atoms with Gasteiger partial charge in [-0.05, 0) is 30.2 Å². The molecule has 0 aliphatic carbocycles. The van der Waals surface area contributed by atoms with Crippen molar-refractivity contribution >= 4 is 16.7 Å². The molecule has 2 aromatic rings. The number of benzene rings is 2. The van der Waals surface area contributed by atoms with E-state index in [1.165, 1.54) is 6.42 Å². The Morgan fingerprint density at radius 2 is 2.05 bits per heavy atom. The van der Waals surface area contributed by atoms with Gasteiger partial charge in [-0.15, -0.1) is 0 Å². The fraction of sp³-hybridized carbons (Fsp3) is 0.421. The van der Waals surface area contributed by atoms with Crippen LogP contribution < -0.4 is 4.74 Å². The lowest BCUT2D eigenvalue weighted by atomic mass is 9.96. The monoisotopic (exact) mass is 297 g/mol. The molecule has 0 aromatic heterocycles. The third-order valence-corrected chi connectivity index (χ3v) is 4.55. The fourth-order valence-corrected chi connectivity index (χ4v) is 3.18. The fourth-order valence-electron chi connectivity index (χ4n) is 3.18. The van der Waals surface area contributed by atoms with E-state index in [9.17, 15) is 4.79 Å². The Kier molecular flexibility index (Phi) is 4.62. The first-order chi connectivity index (χ1) is 10.8. The van der Waals surface area contributed by atoms with Crippen molar-refractivity contribution in [3.8, 4) is 5.75 Å². The summed E-state index contributed by atoms with van der Waals surface area (Å²) in [5.74, 6) is 1.54. The van der Waals surface area contributed by atoms with E-state index in [1.807, 2.05) is 35.2 Å². The van der Waals surface area contributed by atoms with Crippen LogP contribution in [0.1, 0.15) is 26.2 Å². The Morgan fingerprint density at radius 3 is 2.91 bits per heavy atom. The minimum absolute atomic E-state index is 0.103. The molecule has 3 heteroatoms. The number of piperidine rings is 1. The number of carbonyl (C=O) groups excluding carboxylic acids is 1. The normalized spacial score (nSPS) is 18.4. The largest absolute Gasteiger partial charge is 0.483 e. The van der Waals surface area contributed by atoms with Gasteiger partial charge in [0.25, 0.3) is 5.91 Å². The highest BCUT2D eigenvalue weighted by molar-refractivity contribution is 5.88. The number of amides is 1. The lowest BCUT2D eigenvalue weighted by Crippen LogP contribution is -2.42. The Morgan fingerprint density at radius 1 is 1.23 bits per heavy atom. The average Bonchev–Trinajstić information content (AvgIpc) is 2.59. The second kappa shape index (κ2) is 6.82. The molecular weight excluding hydrogens is 274 g/mol. The van der Waals surface area contributed by atoms with Crippen molar-refractivity contribution in [2.45, 2.75) is 26.2 Å². The van der Waals surface area contributed by atoms with Crippen LogP contribution in [0, 0.1) is 5.92 Å². The van der Waals surface area contributed by atoms with Crippen molar-refractivity contribution in [1.82, 2.24) is 4.90 Å². The van der Waals surface area contributed by atoms with Crippen molar-refractivity contribution in [3.05, 3.63) is 42.5 Å². The van der Waals surface area contributed by atoms with Crippen molar-refractivity contribution in [1.29, 1.82) is 0 Å². The number of hydrogen-bond acceptors (Lipinski definition) is 2. The molecule has 0 radical (unpaired) electrons. The summed E-state index contributed by atoms with van der Waals surface area (Å²) in [6, 6.07) is 14.0. The van der Waals surface area contributed by atoms with Gasteiger partial charge in [0.1, 0.15) is 5.75 Å². The SMILES string of the molecule is CCC1CCCN(C(=O)COc2cccc3ccccc23)C1. The van der Waals surface area contributed by atoms with E-state index in [-0.39, 0.29) is 12.5 Å². The van der Waals surface area contributed by atoms with Crippen molar-refractivity contribution in [2.75, 3.05) is 19.7 Å². The van der Waals surface area contributed by atoms with E-state index in [0.717, 1.165) is 42.5 Å². The van der Waals surface area contributed by atoms with Gasteiger partial charge in [0.05, 0.1) is 0 Å². The summed E-state index contributed by atoms with van der Waals surface area (Å²) in [7, 11) is 0. The molecule has 0 bridgehead atoms. The van der Waals surface area contributed by atoms with Gasteiger partial charge in [-0.3, -0.25) is 4.79 Å². The smallest absolute Gasteiger partial charge is 0.260 e. The molecule has 1 atom stereocenters. The van der Waals surface area contributed by atoms with Crippen molar-refractivity contribution in [2.24, 2.45) is 5.92 Å². The molecule has 1 amide bonds. The molecule has 116 valence electrons. The number of likely N-dealkylation sites (tertiary alicyclic amines) is 1. The van der Waals surface area contributed by atoms with Gasteiger partial charge in [-0.2, -0.15) is 0 Å². The maximum Gasteiger partial charge on any atom is 0.260 e. The zero-order valence-electron chi connectivity index (χ0n) is 13.1. The second-order valence-electron chi connectivity index (χ2n) is 6.02. The predicted molar refractivity (Wildman–Crippen MR) is 89.0 cm³/mol. The second-order valence-corrected chi connectivity index (χ2v) is 6.02. The molecular formula is C19H23NO2. The lowest BCUT2D eigenvalue weighted by Gasteiger charge is -2.32. The summed E-state index contributed by atoms with van der Waals surface area (Å²) in [5.41, 5.74) is 0. The van der Waals surface area contributed by atoms with E-state index in [1.54, 1.807) is 0 Å². The Balaban J connectivity index is 1.65. The zero-order chi connectivity index (χ0) is 15.4. The molecule has 0 saturated carbocycles. The maximum absolute atomic E-state index is 12.4. The average molecular weight is 297 g/mol. The molecule has 0 N–H and O–H groups in total. The third kappa shape index (κ3) is 3.24. The van der Waals surface area contributed by atoms with E-state index < -0.39 is 0 Å². The summed E-state index contributed by atoms with van der Waals surface area (Å²) >= 11 is 0. The van der Waals surface area contributed by atoms with Crippen LogP contribution in [0.4, 0.5) is 0 Å². The number of hydrogen-bond donors (Lipinski definition) is 0. The lowest BCUT2D eigenvalue weighted by molar-refractivity contribution is -0.135. The van der Waals surface area contributed by atoms with Crippen molar-refractivity contribution < 1.29 is 9.53 Å². The number of fused-ring (bicyclic) bond motifs is 1. The predicted octanol–water partition coefficient (Wildman–Crippen LogP) is 3.87. The minimum Gasteiger partial charge on any atom is -0.483 e. The molecule has 1 saturated heterocycles. The first kappa shape index (κ1) is 14.9. The molecule has 3 nitrogen and oxygen atoms in total. The zero-order valence-corrected chi connectivity index (χ0v) is 13.1. The van der Waals surface area contributed by atoms with Gasteiger partial charge < -0.3 is 9.64 Å². The van der Waals surface area contributed by atoms with Gasteiger partial charge in [0, 0.05) is 18.5 Å². The highest BCUT2D eigenvalue weighted by Gasteiger charge is 2.22. The maximum atomic E-state index is 12.4. The van der Waals surface area contributed by atoms with Crippen LogP contribution in [-0.4, -0.2) is 30.5 Å². The first-order valence-corrected chi connectivity index (χ1v) is 8.16. The van der Waals surface area contributed by atoms with Crippen molar-refractivity contribution in [3.63, 3.8) is 0 Å². The van der Waals surface area contributed by atoms with Crippen LogP contribution >= 0.6 is 0 Å². The first-order valence-electron chi connectivity index (χ1n) is 8.16. The summed E-state index contributed by atoms with van der Waals surface area (Å²) in [6.45, 7) is 4.08. The molecule has 1 heterocycles. The molecule has 1 unspecified atom stereocenters. The van der Waals surface area contributed by atoms with E-state index in [2.05, 4.69) is 19.1 Å². The van der Waals surface area contributed by atoms with E-state index in [4.69, 9.17) is 4.74 Å². The standard InChI is InChI=1S/C19H23NO2/c1-2-15-7-6-12-20(13-15)19(21)14-22-18-11-5-9-16-8-3-4-10-17(16)18/h3-5,8-11,15H,2,6-7,12-14H2,1H3. The van der Waals surface area contributed by atoms with E-state index in [0.29, 0.717) is 5.92 Å². The van der Waals surface area contributed by atoms with Crippen LogP contribution in [0.2, 0.25) is 0 Å². The number of carbonyl (C=O) groups is 1.